The van der Waals surface area contributed by atoms with Crippen molar-refractivity contribution in [2.75, 3.05) is 26.5 Å². The van der Waals surface area contributed by atoms with Crippen molar-refractivity contribution in [3.05, 3.63) is 59.7 Å². The molecule has 0 spiro atoms. The number of aryl methyl sites for hydroxylation is 1. The fraction of sp³-hybridized carbons (Fsp3) is 0.350. The largest absolute Gasteiger partial charge is 0.492 e. The Morgan fingerprint density at radius 2 is 1.81 bits per heavy atom. The molecular weight excluding hydrogens is 362 g/mol. The van der Waals surface area contributed by atoms with Crippen LogP contribution >= 0.6 is 0 Å². The van der Waals surface area contributed by atoms with Gasteiger partial charge in [0, 0.05) is 13.3 Å². The minimum atomic E-state index is -3.19. The number of nitrogens with one attached hydrogen (secondary N) is 2. The van der Waals surface area contributed by atoms with Gasteiger partial charge in [-0.15, -0.1) is 0 Å². The van der Waals surface area contributed by atoms with Gasteiger partial charge in [0.1, 0.15) is 12.4 Å². The molecule has 0 aliphatic rings. The summed E-state index contributed by atoms with van der Waals surface area (Å²) in [5.41, 5.74) is 2.46. The number of hydrogen-bond acceptors (Lipinski definition) is 4. The molecule has 0 amide bonds. The number of sulfone groups is 1. The number of benzene rings is 2. The van der Waals surface area contributed by atoms with Crippen molar-refractivity contribution < 1.29 is 13.2 Å². The smallest absolute Gasteiger partial charge is 0.191 e. The predicted octanol–water partition coefficient (Wildman–Crippen LogP) is 2.70. The van der Waals surface area contributed by atoms with Crippen LogP contribution in [0.4, 0.5) is 0 Å². The van der Waals surface area contributed by atoms with Crippen LogP contribution in [0.2, 0.25) is 0 Å². The Hall–Kier alpha value is -2.54. The van der Waals surface area contributed by atoms with Gasteiger partial charge in [-0.2, -0.15) is 0 Å². The van der Waals surface area contributed by atoms with E-state index in [-0.39, 0.29) is 10.9 Å². The predicted molar refractivity (Wildman–Crippen MR) is 109 cm³/mol. The first kappa shape index (κ1) is 20.8. The SMILES string of the molecule is CN=C(NCCOc1ccc(S(C)(=O)=O)cc1)NC(C)c1ccccc1C. The normalized spacial score (nSPS) is 13.1. The molecule has 146 valence electrons. The molecule has 0 heterocycles. The Morgan fingerprint density at radius 1 is 1.15 bits per heavy atom. The highest BCUT2D eigenvalue weighted by atomic mass is 32.2. The van der Waals surface area contributed by atoms with E-state index < -0.39 is 9.84 Å². The molecule has 7 heteroatoms. The quantitative estimate of drug-likeness (QED) is 0.432. The summed E-state index contributed by atoms with van der Waals surface area (Å²) in [5, 5.41) is 6.58. The first-order valence-electron chi connectivity index (χ1n) is 8.77. The maximum atomic E-state index is 11.5. The van der Waals surface area contributed by atoms with E-state index in [9.17, 15) is 8.42 Å². The average molecular weight is 390 g/mol. The molecule has 0 aliphatic heterocycles. The van der Waals surface area contributed by atoms with Gasteiger partial charge in [0.05, 0.1) is 17.5 Å². The molecule has 2 aromatic carbocycles. The zero-order valence-corrected chi connectivity index (χ0v) is 17.0. The molecular formula is C20H27N3O3S. The summed E-state index contributed by atoms with van der Waals surface area (Å²) >= 11 is 0. The number of aliphatic imine (C=N–C) groups is 1. The molecule has 0 aliphatic carbocycles. The summed E-state index contributed by atoms with van der Waals surface area (Å²) in [6.07, 6.45) is 1.18. The van der Waals surface area contributed by atoms with Crippen LogP contribution in [-0.2, 0) is 9.84 Å². The first-order valence-corrected chi connectivity index (χ1v) is 10.7. The van der Waals surface area contributed by atoms with Crippen molar-refractivity contribution >= 4 is 15.8 Å². The summed E-state index contributed by atoms with van der Waals surface area (Å²) < 4.78 is 28.5. The summed E-state index contributed by atoms with van der Waals surface area (Å²) in [5.74, 6) is 1.32. The van der Waals surface area contributed by atoms with Crippen LogP contribution < -0.4 is 15.4 Å². The molecule has 0 bridgehead atoms. The molecule has 1 atom stereocenters. The Morgan fingerprint density at radius 3 is 2.41 bits per heavy atom. The molecule has 0 fully saturated rings. The number of nitrogens with zero attached hydrogens (tertiary/aromatic N) is 1. The lowest BCUT2D eigenvalue weighted by Gasteiger charge is -2.20. The number of rotatable bonds is 7. The minimum absolute atomic E-state index is 0.127. The van der Waals surface area contributed by atoms with Crippen molar-refractivity contribution in [1.82, 2.24) is 10.6 Å². The zero-order chi connectivity index (χ0) is 19.9. The van der Waals surface area contributed by atoms with Gasteiger partial charge in [-0.3, -0.25) is 4.99 Å². The Bertz CT molecular complexity index is 878. The fourth-order valence-corrected chi connectivity index (χ4v) is 3.30. The molecule has 0 saturated heterocycles. The van der Waals surface area contributed by atoms with E-state index in [2.05, 4.69) is 41.6 Å². The summed E-state index contributed by atoms with van der Waals surface area (Å²) in [7, 11) is -1.46. The first-order chi connectivity index (χ1) is 12.8. The van der Waals surface area contributed by atoms with Gasteiger partial charge >= 0.3 is 0 Å². The molecule has 0 aromatic heterocycles. The molecule has 6 nitrogen and oxygen atoms in total. The standard InChI is InChI=1S/C20H27N3O3S/c1-15-7-5-6-8-19(15)16(2)23-20(21-3)22-13-14-26-17-9-11-18(12-10-17)27(4,24)25/h5-12,16H,13-14H2,1-4H3,(H2,21,22,23). The van der Waals surface area contributed by atoms with Crippen molar-refractivity contribution in [2.24, 2.45) is 4.99 Å². The second-order valence-corrected chi connectivity index (χ2v) is 8.33. The minimum Gasteiger partial charge on any atom is -0.492 e. The molecule has 1 unspecified atom stereocenters. The van der Waals surface area contributed by atoms with Gasteiger partial charge in [-0.25, -0.2) is 8.42 Å². The second kappa shape index (κ2) is 9.41. The molecule has 2 N–H and O–H groups in total. The van der Waals surface area contributed by atoms with Crippen LogP contribution in [0, 0.1) is 6.92 Å². The van der Waals surface area contributed by atoms with E-state index in [1.165, 1.54) is 17.4 Å². The Balaban J connectivity index is 1.80. The number of hydrogen-bond donors (Lipinski definition) is 2. The lowest BCUT2D eigenvalue weighted by atomic mass is 10.0. The monoisotopic (exact) mass is 389 g/mol. The van der Waals surface area contributed by atoms with Crippen LogP contribution in [0.1, 0.15) is 24.1 Å². The van der Waals surface area contributed by atoms with E-state index in [0.717, 1.165) is 0 Å². The van der Waals surface area contributed by atoms with Crippen LogP contribution in [0.3, 0.4) is 0 Å². The van der Waals surface area contributed by atoms with Crippen LogP contribution in [-0.4, -0.2) is 40.8 Å². The van der Waals surface area contributed by atoms with Gasteiger partial charge in [0.15, 0.2) is 15.8 Å². The van der Waals surface area contributed by atoms with Crippen molar-refractivity contribution in [1.29, 1.82) is 0 Å². The Labute approximate surface area is 161 Å². The highest BCUT2D eigenvalue weighted by molar-refractivity contribution is 7.90. The number of ether oxygens (including phenoxy) is 1. The third-order valence-electron chi connectivity index (χ3n) is 4.15. The van der Waals surface area contributed by atoms with Crippen molar-refractivity contribution in [3.63, 3.8) is 0 Å². The van der Waals surface area contributed by atoms with Gasteiger partial charge in [-0.1, -0.05) is 24.3 Å². The van der Waals surface area contributed by atoms with Gasteiger partial charge < -0.3 is 15.4 Å². The second-order valence-electron chi connectivity index (χ2n) is 6.31. The summed E-state index contributed by atoms with van der Waals surface area (Å²) in [4.78, 5) is 4.52. The highest BCUT2D eigenvalue weighted by Gasteiger charge is 2.10. The summed E-state index contributed by atoms with van der Waals surface area (Å²) in [6, 6.07) is 14.8. The van der Waals surface area contributed by atoms with E-state index in [0.29, 0.717) is 24.9 Å². The maximum Gasteiger partial charge on any atom is 0.191 e. The van der Waals surface area contributed by atoms with Crippen LogP contribution in [0.25, 0.3) is 0 Å². The molecule has 2 aromatic rings. The van der Waals surface area contributed by atoms with E-state index in [1.807, 2.05) is 12.1 Å². The molecule has 2 rings (SSSR count). The topological polar surface area (TPSA) is 79.8 Å². The van der Waals surface area contributed by atoms with Gasteiger partial charge in [-0.05, 0) is 49.2 Å². The van der Waals surface area contributed by atoms with E-state index in [4.69, 9.17) is 4.74 Å². The zero-order valence-electron chi connectivity index (χ0n) is 16.2. The molecule has 0 saturated carbocycles. The van der Waals surface area contributed by atoms with E-state index >= 15 is 0 Å². The average Bonchev–Trinajstić information content (AvgIpc) is 2.64. The summed E-state index contributed by atoms with van der Waals surface area (Å²) in [6.45, 7) is 5.17. The van der Waals surface area contributed by atoms with E-state index in [1.54, 1.807) is 31.3 Å². The third kappa shape index (κ3) is 6.29. The van der Waals surface area contributed by atoms with Gasteiger partial charge in [0.25, 0.3) is 0 Å². The van der Waals surface area contributed by atoms with Crippen molar-refractivity contribution in [2.45, 2.75) is 24.8 Å². The Kier molecular flexibility index (Phi) is 7.24. The van der Waals surface area contributed by atoms with Crippen LogP contribution in [0.15, 0.2) is 58.4 Å². The highest BCUT2D eigenvalue weighted by Crippen LogP contribution is 2.17. The van der Waals surface area contributed by atoms with Crippen LogP contribution in [0.5, 0.6) is 5.75 Å². The number of guanidine groups is 1. The lowest BCUT2D eigenvalue weighted by Crippen LogP contribution is -2.40. The maximum absolute atomic E-state index is 11.5. The molecule has 0 radical (unpaired) electrons. The van der Waals surface area contributed by atoms with Crippen molar-refractivity contribution in [3.8, 4) is 5.75 Å². The lowest BCUT2D eigenvalue weighted by molar-refractivity contribution is 0.321. The third-order valence-corrected chi connectivity index (χ3v) is 5.28. The fourth-order valence-electron chi connectivity index (χ4n) is 2.67. The molecule has 27 heavy (non-hydrogen) atoms. The van der Waals surface area contributed by atoms with Gasteiger partial charge in [0.2, 0.25) is 0 Å².